The third kappa shape index (κ3) is 6.31. The number of rotatable bonds is 7. The molecule has 0 aliphatic carbocycles. The maximum Gasteiger partial charge on any atom is 0.263 e. The summed E-state index contributed by atoms with van der Waals surface area (Å²) in [5.74, 6) is 0.377. The van der Waals surface area contributed by atoms with Crippen molar-refractivity contribution < 1.29 is 19.1 Å². The quantitative estimate of drug-likeness (QED) is 0.612. The smallest absolute Gasteiger partial charge is 0.263 e. The number of carbonyl (C=O) groups excluding carboxylic acids is 3. The number of hydrogen-bond donors (Lipinski definition) is 0. The average molecular weight is 443 g/mol. The molecular formula is C24H27ClN2O4. The van der Waals surface area contributed by atoms with Gasteiger partial charge in [-0.2, -0.15) is 0 Å². The predicted molar refractivity (Wildman–Crippen MR) is 119 cm³/mol. The van der Waals surface area contributed by atoms with Gasteiger partial charge >= 0.3 is 0 Å². The summed E-state index contributed by atoms with van der Waals surface area (Å²) in [5, 5.41) is 0.604. The monoisotopic (exact) mass is 442 g/mol. The van der Waals surface area contributed by atoms with E-state index in [9.17, 15) is 14.4 Å². The number of benzene rings is 2. The van der Waals surface area contributed by atoms with Crippen molar-refractivity contribution in [1.82, 2.24) is 9.80 Å². The summed E-state index contributed by atoms with van der Waals surface area (Å²) < 4.78 is 5.71. The molecule has 7 heteroatoms. The standard InChI is InChI=1S/C24H27ClN2O4/c1-17-3-5-19(6-4-17)22(28)11-12-23(29)26-13-15-27(16-14-26)24(30)18(2)31-21-9-7-20(25)8-10-21/h3-10,18H,11-16H2,1-2H3. The van der Waals surface area contributed by atoms with Crippen LogP contribution in [-0.4, -0.2) is 59.7 Å². The van der Waals surface area contributed by atoms with Crippen LogP contribution in [0.2, 0.25) is 5.02 Å². The fourth-order valence-corrected chi connectivity index (χ4v) is 3.59. The molecule has 3 rings (SSSR count). The van der Waals surface area contributed by atoms with Gasteiger partial charge in [0.15, 0.2) is 11.9 Å². The molecule has 2 amide bonds. The largest absolute Gasteiger partial charge is 0.481 e. The van der Waals surface area contributed by atoms with E-state index >= 15 is 0 Å². The zero-order valence-electron chi connectivity index (χ0n) is 17.8. The van der Waals surface area contributed by atoms with Crippen LogP contribution in [0.3, 0.4) is 0 Å². The normalized spacial score (nSPS) is 14.8. The SMILES string of the molecule is Cc1ccc(C(=O)CCC(=O)N2CCN(C(=O)C(C)Oc3ccc(Cl)cc3)CC2)cc1. The number of hydrogen-bond acceptors (Lipinski definition) is 4. The lowest BCUT2D eigenvalue weighted by atomic mass is 10.0. The molecule has 0 spiro atoms. The molecule has 1 aliphatic heterocycles. The van der Waals surface area contributed by atoms with E-state index in [-0.39, 0.29) is 30.4 Å². The first-order valence-corrected chi connectivity index (χ1v) is 10.8. The van der Waals surface area contributed by atoms with E-state index in [0.29, 0.717) is 42.5 Å². The van der Waals surface area contributed by atoms with Crippen LogP contribution >= 0.6 is 11.6 Å². The molecule has 0 aromatic heterocycles. The molecule has 2 aromatic rings. The van der Waals surface area contributed by atoms with Crippen LogP contribution in [0.5, 0.6) is 5.75 Å². The third-order valence-electron chi connectivity index (χ3n) is 5.36. The Kier molecular flexibility index (Phi) is 7.69. The summed E-state index contributed by atoms with van der Waals surface area (Å²) >= 11 is 5.87. The summed E-state index contributed by atoms with van der Waals surface area (Å²) in [7, 11) is 0. The molecule has 0 saturated carbocycles. The highest BCUT2D eigenvalue weighted by Gasteiger charge is 2.28. The maximum atomic E-state index is 12.7. The zero-order chi connectivity index (χ0) is 22.4. The van der Waals surface area contributed by atoms with Crippen molar-refractivity contribution in [1.29, 1.82) is 0 Å². The van der Waals surface area contributed by atoms with Gasteiger partial charge in [0.2, 0.25) is 5.91 Å². The maximum absolute atomic E-state index is 12.7. The zero-order valence-corrected chi connectivity index (χ0v) is 18.6. The molecule has 164 valence electrons. The second-order valence-corrected chi connectivity index (χ2v) is 8.15. The van der Waals surface area contributed by atoms with Gasteiger partial charge in [0.05, 0.1) is 0 Å². The minimum atomic E-state index is -0.629. The number of ether oxygens (including phenoxy) is 1. The summed E-state index contributed by atoms with van der Waals surface area (Å²) in [6.45, 7) is 5.49. The van der Waals surface area contributed by atoms with Gasteiger partial charge in [-0.15, -0.1) is 0 Å². The lowest BCUT2D eigenvalue weighted by molar-refractivity contribution is -0.143. The van der Waals surface area contributed by atoms with E-state index < -0.39 is 6.10 Å². The van der Waals surface area contributed by atoms with Crippen molar-refractivity contribution in [2.75, 3.05) is 26.2 Å². The number of nitrogens with zero attached hydrogens (tertiary/aromatic N) is 2. The molecule has 0 bridgehead atoms. The predicted octanol–water partition coefficient (Wildman–Crippen LogP) is 3.75. The van der Waals surface area contributed by atoms with Gasteiger partial charge in [-0.3, -0.25) is 14.4 Å². The van der Waals surface area contributed by atoms with Crippen LogP contribution in [0, 0.1) is 6.92 Å². The molecule has 1 heterocycles. The van der Waals surface area contributed by atoms with E-state index in [2.05, 4.69) is 0 Å². The summed E-state index contributed by atoms with van der Waals surface area (Å²) in [6, 6.07) is 14.2. The van der Waals surface area contributed by atoms with E-state index in [4.69, 9.17) is 16.3 Å². The van der Waals surface area contributed by atoms with E-state index in [1.54, 1.807) is 53.1 Å². The highest BCUT2D eigenvalue weighted by atomic mass is 35.5. The first kappa shape index (κ1) is 22.8. The van der Waals surface area contributed by atoms with Gasteiger partial charge in [0.25, 0.3) is 5.91 Å². The molecule has 1 atom stereocenters. The van der Waals surface area contributed by atoms with E-state index in [0.717, 1.165) is 5.56 Å². The van der Waals surface area contributed by atoms with Crippen molar-refractivity contribution in [2.45, 2.75) is 32.8 Å². The minimum Gasteiger partial charge on any atom is -0.481 e. The Balaban J connectivity index is 1.43. The fourth-order valence-electron chi connectivity index (χ4n) is 3.46. The Morgan fingerprint density at radius 2 is 1.48 bits per heavy atom. The number of carbonyl (C=O) groups is 3. The average Bonchev–Trinajstić information content (AvgIpc) is 2.78. The topological polar surface area (TPSA) is 66.9 Å². The number of Topliss-reactive ketones (excluding diaryl/α,β-unsaturated/α-hetero) is 1. The molecule has 31 heavy (non-hydrogen) atoms. The van der Waals surface area contributed by atoms with Crippen molar-refractivity contribution in [2.24, 2.45) is 0 Å². The van der Waals surface area contributed by atoms with Gasteiger partial charge in [-0.25, -0.2) is 0 Å². The first-order valence-electron chi connectivity index (χ1n) is 10.4. The van der Waals surface area contributed by atoms with Gasteiger partial charge in [-0.1, -0.05) is 41.4 Å². The molecule has 2 aromatic carbocycles. The number of amides is 2. The van der Waals surface area contributed by atoms with Gasteiger partial charge in [0, 0.05) is 49.6 Å². The van der Waals surface area contributed by atoms with Crippen LogP contribution in [0.15, 0.2) is 48.5 Å². The Morgan fingerprint density at radius 1 is 0.903 bits per heavy atom. The van der Waals surface area contributed by atoms with E-state index in [1.807, 2.05) is 19.1 Å². The molecule has 0 N–H and O–H groups in total. The van der Waals surface area contributed by atoms with Crippen molar-refractivity contribution in [3.63, 3.8) is 0 Å². The molecule has 1 unspecified atom stereocenters. The lowest BCUT2D eigenvalue weighted by Gasteiger charge is -2.36. The van der Waals surface area contributed by atoms with Crippen LogP contribution in [0.25, 0.3) is 0 Å². The highest BCUT2D eigenvalue weighted by Crippen LogP contribution is 2.18. The first-order chi connectivity index (χ1) is 14.8. The Hall–Kier alpha value is -2.86. The highest BCUT2D eigenvalue weighted by molar-refractivity contribution is 6.30. The molecule has 1 saturated heterocycles. The minimum absolute atomic E-state index is 0.0321. The summed E-state index contributed by atoms with van der Waals surface area (Å²) in [4.78, 5) is 40.9. The van der Waals surface area contributed by atoms with E-state index in [1.165, 1.54) is 0 Å². The lowest BCUT2D eigenvalue weighted by Crippen LogP contribution is -2.53. The third-order valence-corrected chi connectivity index (χ3v) is 5.61. The van der Waals surface area contributed by atoms with Gasteiger partial charge in [-0.05, 0) is 38.1 Å². The summed E-state index contributed by atoms with van der Waals surface area (Å²) in [6.07, 6.45) is -0.264. The molecule has 0 radical (unpaired) electrons. The van der Waals surface area contributed by atoms with Crippen molar-refractivity contribution >= 4 is 29.2 Å². The van der Waals surface area contributed by atoms with Crippen LogP contribution in [0.4, 0.5) is 0 Å². The van der Waals surface area contributed by atoms with Crippen molar-refractivity contribution in [3.8, 4) is 5.75 Å². The summed E-state index contributed by atoms with van der Waals surface area (Å²) in [5.41, 5.74) is 1.72. The van der Waals surface area contributed by atoms with Gasteiger partial charge < -0.3 is 14.5 Å². The number of piperazine rings is 1. The molecule has 1 fully saturated rings. The van der Waals surface area contributed by atoms with Crippen LogP contribution in [-0.2, 0) is 9.59 Å². The number of halogens is 1. The molecule has 6 nitrogen and oxygen atoms in total. The Labute approximate surface area is 187 Å². The Bertz CT molecular complexity index is 920. The second-order valence-electron chi connectivity index (χ2n) is 7.71. The molecule has 1 aliphatic rings. The fraction of sp³-hybridized carbons (Fsp3) is 0.375. The van der Waals surface area contributed by atoms with Crippen LogP contribution < -0.4 is 4.74 Å². The van der Waals surface area contributed by atoms with Crippen molar-refractivity contribution in [3.05, 3.63) is 64.7 Å². The Morgan fingerprint density at radius 3 is 2.10 bits per heavy atom. The molecular weight excluding hydrogens is 416 g/mol. The number of ketones is 1. The van der Waals surface area contributed by atoms with Crippen LogP contribution in [0.1, 0.15) is 35.7 Å². The second kappa shape index (κ2) is 10.4. The number of aryl methyl sites for hydroxylation is 1. The van der Waals surface area contributed by atoms with Gasteiger partial charge in [0.1, 0.15) is 5.75 Å².